The molecule has 15 heavy (non-hydrogen) atoms. The fourth-order valence-electron chi connectivity index (χ4n) is 2.16. The number of rotatable bonds is 4. The van der Waals surface area contributed by atoms with E-state index in [4.69, 9.17) is 0 Å². The van der Waals surface area contributed by atoms with Gasteiger partial charge in [0.1, 0.15) is 0 Å². The molecule has 4 heteroatoms. The molecule has 0 aliphatic heterocycles. The van der Waals surface area contributed by atoms with E-state index >= 15 is 0 Å². The largest absolute Gasteiger partial charge is 1.00 e. The summed E-state index contributed by atoms with van der Waals surface area (Å²) in [5, 5.41) is 13.7. The van der Waals surface area contributed by atoms with Crippen LogP contribution in [0.5, 0.6) is 0 Å². The van der Waals surface area contributed by atoms with Crippen molar-refractivity contribution in [2.75, 3.05) is 0 Å². The van der Waals surface area contributed by atoms with E-state index in [1.54, 1.807) is 0 Å². The third-order valence-electron chi connectivity index (χ3n) is 2.85. The first-order valence-electron chi connectivity index (χ1n) is 5.64. The zero-order chi connectivity index (χ0) is 10.4. The standard InChI is InChI=1S/C11H21NO2.Na/c1-9(8-11(13)14)12-10-6-4-2-3-5-7-10;/h9-10,12H,2-8H2,1H3,(H,13,14);/q;+1/p-1. The molecule has 0 spiro atoms. The summed E-state index contributed by atoms with van der Waals surface area (Å²) in [6, 6.07) is 0.565. The summed E-state index contributed by atoms with van der Waals surface area (Å²) in [5.41, 5.74) is 0. The number of carbonyl (C=O) groups is 1. The van der Waals surface area contributed by atoms with E-state index in [2.05, 4.69) is 5.32 Å². The molecule has 0 aromatic carbocycles. The molecule has 0 aromatic rings. The zero-order valence-corrected chi connectivity index (χ0v) is 11.9. The van der Waals surface area contributed by atoms with E-state index in [0.717, 1.165) is 0 Å². The molecular weight excluding hydrogens is 201 g/mol. The molecule has 1 aliphatic carbocycles. The molecule has 1 fully saturated rings. The van der Waals surface area contributed by atoms with Crippen LogP contribution >= 0.6 is 0 Å². The summed E-state index contributed by atoms with van der Waals surface area (Å²) in [6.07, 6.45) is 7.71. The minimum Gasteiger partial charge on any atom is -0.550 e. The average Bonchev–Trinajstić information content (AvgIpc) is 2.31. The summed E-state index contributed by atoms with van der Waals surface area (Å²) in [6.45, 7) is 1.92. The molecule has 1 aliphatic rings. The summed E-state index contributed by atoms with van der Waals surface area (Å²) in [7, 11) is 0. The van der Waals surface area contributed by atoms with Gasteiger partial charge in [-0.15, -0.1) is 0 Å². The van der Waals surface area contributed by atoms with Gasteiger partial charge in [-0.05, 0) is 19.8 Å². The fourth-order valence-corrected chi connectivity index (χ4v) is 2.16. The van der Waals surface area contributed by atoms with Gasteiger partial charge in [-0.3, -0.25) is 0 Å². The topological polar surface area (TPSA) is 52.2 Å². The Labute approximate surface area is 114 Å². The van der Waals surface area contributed by atoms with Crippen LogP contribution in [0.25, 0.3) is 0 Å². The Balaban J connectivity index is 0.00000196. The molecule has 0 bridgehead atoms. The van der Waals surface area contributed by atoms with Gasteiger partial charge in [0.2, 0.25) is 0 Å². The molecule has 1 N–H and O–H groups in total. The number of nitrogens with one attached hydrogen (secondary N) is 1. The van der Waals surface area contributed by atoms with Crippen LogP contribution in [0.1, 0.15) is 51.9 Å². The molecule has 0 amide bonds. The maximum absolute atomic E-state index is 10.4. The number of carbonyl (C=O) groups excluding carboxylic acids is 1. The van der Waals surface area contributed by atoms with Crippen molar-refractivity contribution in [2.24, 2.45) is 0 Å². The van der Waals surface area contributed by atoms with Gasteiger partial charge in [0, 0.05) is 24.5 Å². The zero-order valence-electron chi connectivity index (χ0n) is 9.92. The maximum Gasteiger partial charge on any atom is 1.00 e. The van der Waals surface area contributed by atoms with Gasteiger partial charge in [-0.25, -0.2) is 0 Å². The van der Waals surface area contributed by atoms with Crippen molar-refractivity contribution < 1.29 is 39.5 Å². The van der Waals surface area contributed by atoms with E-state index in [-0.39, 0.29) is 42.0 Å². The minimum atomic E-state index is -0.960. The van der Waals surface area contributed by atoms with E-state index in [0.29, 0.717) is 6.04 Å². The summed E-state index contributed by atoms with van der Waals surface area (Å²) < 4.78 is 0. The second kappa shape index (κ2) is 8.57. The van der Waals surface area contributed by atoms with Gasteiger partial charge in [-0.2, -0.15) is 0 Å². The van der Waals surface area contributed by atoms with Gasteiger partial charge >= 0.3 is 29.6 Å². The normalized spacial score (nSPS) is 20.1. The average molecular weight is 221 g/mol. The van der Waals surface area contributed by atoms with Crippen LogP contribution in [-0.4, -0.2) is 18.1 Å². The molecule has 0 aromatic heterocycles. The third-order valence-corrected chi connectivity index (χ3v) is 2.85. The van der Waals surface area contributed by atoms with Crippen LogP contribution in [0.3, 0.4) is 0 Å². The summed E-state index contributed by atoms with van der Waals surface area (Å²) in [5.74, 6) is -0.960. The predicted octanol–water partition coefficient (Wildman–Crippen LogP) is -2.17. The Hall–Kier alpha value is 0.430. The molecule has 1 saturated carbocycles. The molecule has 3 nitrogen and oxygen atoms in total. The SMILES string of the molecule is CC(CC(=O)[O-])NC1CCCCCC1.[Na+]. The van der Waals surface area contributed by atoms with Crippen molar-refractivity contribution in [3.05, 3.63) is 0 Å². The second-order valence-corrected chi connectivity index (χ2v) is 4.33. The van der Waals surface area contributed by atoms with E-state index < -0.39 is 5.97 Å². The second-order valence-electron chi connectivity index (χ2n) is 4.33. The smallest absolute Gasteiger partial charge is 0.550 e. The number of carboxylic acid groups (broad SMARTS) is 1. The van der Waals surface area contributed by atoms with Crippen molar-refractivity contribution in [3.8, 4) is 0 Å². The molecule has 1 rings (SSSR count). The first-order valence-corrected chi connectivity index (χ1v) is 5.64. The van der Waals surface area contributed by atoms with Gasteiger partial charge in [0.15, 0.2) is 0 Å². The van der Waals surface area contributed by atoms with Crippen LogP contribution in [0.2, 0.25) is 0 Å². The van der Waals surface area contributed by atoms with Gasteiger partial charge in [-0.1, -0.05) is 25.7 Å². The van der Waals surface area contributed by atoms with Crippen LogP contribution in [0.4, 0.5) is 0 Å². The van der Waals surface area contributed by atoms with Crippen LogP contribution in [0, 0.1) is 0 Å². The monoisotopic (exact) mass is 221 g/mol. The summed E-state index contributed by atoms with van der Waals surface area (Å²) in [4.78, 5) is 10.4. The number of hydrogen-bond acceptors (Lipinski definition) is 3. The molecule has 1 atom stereocenters. The number of aliphatic carboxylic acids is 1. The van der Waals surface area contributed by atoms with Gasteiger partial charge in [0.05, 0.1) is 0 Å². The Bertz CT molecular complexity index is 179. The van der Waals surface area contributed by atoms with Crippen molar-refractivity contribution >= 4 is 5.97 Å². The first kappa shape index (κ1) is 15.4. The van der Waals surface area contributed by atoms with Gasteiger partial charge < -0.3 is 15.2 Å². The van der Waals surface area contributed by atoms with Crippen molar-refractivity contribution in [3.63, 3.8) is 0 Å². The van der Waals surface area contributed by atoms with Crippen molar-refractivity contribution in [2.45, 2.75) is 64.0 Å². The molecule has 82 valence electrons. The Kier molecular flexibility index (Phi) is 8.81. The first-order chi connectivity index (χ1) is 6.68. The Morgan fingerprint density at radius 2 is 1.87 bits per heavy atom. The van der Waals surface area contributed by atoms with E-state index in [9.17, 15) is 9.90 Å². The van der Waals surface area contributed by atoms with Crippen molar-refractivity contribution in [1.29, 1.82) is 0 Å². The molecule has 0 heterocycles. The van der Waals surface area contributed by atoms with E-state index in [1.807, 2.05) is 6.92 Å². The van der Waals surface area contributed by atoms with Crippen LogP contribution in [-0.2, 0) is 4.79 Å². The predicted molar refractivity (Wildman–Crippen MR) is 53.7 cm³/mol. The maximum atomic E-state index is 10.4. The Morgan fingerprint density at radius 1 is 1.33 bits per heavy atom. The van der Waals surface area contributed by atoms with E-state index in [1.165, 1.54) is 38.5 Å². The van der Waals surface area contributed by atoms with Crippen LogP contribution < -0.4 is 40.0 Å². The fraction of sp³-hybridized carbons (Fsp3) is 0.909. The minimum absolute atomic E-state index is 0. The quantitative estimate of drug-likeness (QED) is 0.434. The molecule has 0 radical (unpaired) electrons. The number of carboxylic acids is 1. The van der Waals surface area contributed by atoms with Crippen molar-refractivity contribution in [1.82, 2.24) is 5.32 Å². The third kappa shape index (κ3) is 7.34. The van der Waals surface area contributed by atoms with Gasteiger partial charge in [0.25, 0.3) is 0 Å². The molecule has 1 unspecified atom stereocenters. The molecular formula is C11H20NNaO2. The number of hydrogen-bond donors (Lipinski definition) is 1. The summed E-state index contributed by atoms with van der Waals surface area (Å²) >= 11 is 0. The Morgan fingerprint density at radius 3 is 2.33 bits per heavy atom. The molecule has 0 saturated heterocycles. The van der Waals surface area contributed by atoms with Crippen LogP contribution in [0.15, 0.2) is 0 Å².